The average molecular weight is 266 g/mol. The van der Waals surface area contributed by atoms with Crippen LogP contribution in [-0.2, 0) is 13.0 Å². The number of aromatic nitrogens is 2. The Morgan fingerprint density at radius 1 is 1.32 bits per heavy atom. The first kappa shape index (κ1) is 13.7. The molecule has 19 heavy (non-hydrogen) atoms. The summed E-state index contributed by atoms with van der Waals surface area (Å²) < 4.78 is 28.9. The van der Waals surface area contributed by atoms with Crippen LogP contribution in [-0.4, -0.2) is 14.9 Å². The lowest BCUT2D eigenvalue weighted by Crippen LogP contribution is -2.11. The zero-order valence-electron chi connectivity index (χ0n) is 10.9. The SMILES string of the molecule is CCn1nc(C)cc1CC(O)c1c(F)cccc1F. The van der Waals surface area contributed by atoms with E-state index in [1.54, 1.807) is 4.68 Å². The number of halogens is 2. The quantitative estimate of drug-likeness (QED) is 0.924. The van der Waals surface area contributed by atoms with Gasteiger partial charge in [0.05, 0.1) is 17.4 Å². The Bertz CT molecular complexity index is 561. The Morgan fingerprint density at radius 3 is 2.53 bits per heavy atom. The molecular weight excluding hydrogens is 250 g/mol. The van der Waals surface area contributed by atoms with Crippen molar-refractivity contribution >= 4 is 0 Å². The van der Waals surface area contributed by atoms with Gasteiger partial charge < -0.3 is 5.11 Å². The second-order valence-corrected chi connectivity index (χ2v) is 4.45. The Kier molecular flexibility index (Phi) is 3.95. The second-order valence-electron chi connectivity index (χ2n) is 4.45. The zero-order chi connectivity index (χ0) is 14.0. The van der Waals surface area contributed by atoms with Gasteiger partial charge in [-0.15, -0.1) is 0 Å². The predicted molar refractivity (Wildman–Crippen MR) is 67.7 cm³/mol. The first-order chi connectivity index (χ1) is 9.02. The highest BCUT2D eigenvalue weighted by molar-refractivity contribution is 5.24. The topological polar surface area (TPSA) is 38.0 Å². The minimum Gasteiger partial charge on any atom is -0.388 e. The molecule has 0 spiro atoms. The van der Waals surface area contributed by atoms with E-state index in [1.807, 2.05) is 19.9 Å². The monoisotopic (exact) mass is 266 g/mol. The summed E-state index contributed by atoms with van der Waals surface area (Å²) in [7, 11) is 0. The lowest BCUT2D eigenvalue weighted by molar-refractivity contribution is 0.165. The number of aliphatic hydroxyl groups excluding tert-OH is 1. The summed E-state index contributed by atoms with van der Waals surface area (Å²) in [5.74, 6) is -1.46. The lowest BCUT2D eigenvalue weighted by atomic mass is 10.0. The molecule has 0 amide bonds. The van der Waals surface area contributed by atoms with E-state index in [-0.39, 0.29) is 12.0 Å². The minimum atomic E-state index is -1.22. The fourth-order valence-electron chi connectivity index (χ4n) is 2.17. The van der Waals surface area contributed by atoms with Crippen molar-refractivity contribution in [1.82, 2.24) is 9.78 Å². The first-order valence-electron chi connectivity index (χ1n) is 6.18. The molecule has 0 bridgehead atoms. The van der Waals surface area contributed by atoms with Crippen molar-refractivity contribution in [2.45, 2.75) is 32.9 Å². The molecule has 1 unspecified atom stereocenters. The largest absolute Gasteiger partial charge is 0.388 e. The van der Waals surface area contributed by atoms with Gasteiger partial charge in [-0.1, -0.05) is 6.07 Å². The molecule has 0 aliphatic heterocycles. The van der Waals surface area contributed by atoms with Crippen LogP contribution in [0.1, 0.15) is 30.0 Å². The van der Waals surface area contributed by atoms with Crippen molar-refractivity contribution in [1.29, 1.82) is 0 Å². The van der Waals surface area contributed by atoms with Crippen molar-refractivity contribution < 1.29 is 13.9 Å². The molecule has 1 atom stereocenters. The zero-order valence-corrected chi connectivity index (χ0v) is 10.9. The summed E-state index contributed by atoms with van der Waals surface area (Å²) in [5.41, 5.74) is 1.29. The molecule has 1 N–H and O–H groups in total. The summed E-state index contributed by atoms with van der Waals surface area (Å²) in [6, 6.07) is 5.38. The third kappa shape index (κ3) is 2.81. The van der Waals surface area contributed by atoms with Gasteiger partial charge in [0.1, 0.15) is 11.6 Å². The van der Waals surface area contributed by atoms with Gasteiger partial charge in [0.2, 0.25) is 0 Å². The Hall–Kier alpha value is -1.75. The van der Waals surface area contributed by atoms with E-state index in [1.165, 1.54) is 6.07 Å². The summed E-state index contributed by atoms with van der Waals surface area (Å²) in [6.45, 7) is 4.41. The van der Waals surface area contributed by atoms with Crippen molar-refractivity contribution in [2.75, 3.05) is 0 Å². The number of hydrogen-bond donors (Lipinski definition) is 1. The first-order valence-corrected chi connectivity index (χ1v) is 6.18. The van der Waals surface area contributed by atoms with E-state index in [4.69, 9.17) is 0 Å². The van der Waals surface area contributed by atoms with Crippen LogP contribution in [0.2, 0.25) is 0 Å². The minimum absolute atomic E-state index is 0.131. The standard InChI is InChI=1S/C14H16F2N2O/c1-3-18-10(7-9(2)17-18)8-13(19)14-11(15)5-4-6-12(14)16/h4-7,13,19H,3,8H2,1-2H3. The molecule has 1 aromatic carbocycles. The van der Waals surface area contributed by atoms with E-state index < -0.39 is 17.7 Å². The van der Waals surface area contributed by atoms with Gasteiger partial charge in [0, 0.05) is 18.7 Å². The van der Waals surface area contributed by atoms with Crippen LogP contribution in [0.3, 0.4) is 0 Å². The maximum atomic E-state index is 13.6. The van der Waals surface area contributed by atoms with E-state index >= 15 is 0 Å². The third-order valence-corrected chi connectivity index (χ3v) is 3.02. The third-order valence-electron chi connectivity index (χ3n) is 3.02. The molecule has 102 valence electrons. The average Bonchev–Trinajstić information content (AvgIpc) is 2.69. The number of hydrogen-bond acceptors (Lipinski definition) is 2. The Morgan fingerprint density at radius 2 is 1.95 bits per heavy atom. The van der Waals surface area contributed by atoms with Gasteiger partial charge in [-0.2, -0.15) is 5.10 Å². The summed E-state index contributed by atoms with van der Waals surface area (Å²) in [4.78, 5) is 0. The van der Waals surface area contributed by atoms with Crippen LogP contribution < -0.4 is 0 Å². The maximum Gasteiger partial charge on any atom is 0.131 e. The van der Waals surface area contributed by atoms with Gasteiger partial charge in [0.25, 0.3) is 0 Å². The van der Waals surface area contributed by atoms with Gasteiger partial charge in [-0.25, -0.2) is 8.78 Å². The van der Waals surface area contributed by atoms with E-state index in [0.29, 0.717) is 6.54 Å². The van der Waals surface area contributed by atoms with E-state index in [0.717, 1.165) is 23.5 Å². The molecule has 0 saturated heterocycles. The van der Waals surface area contributed by atoms with Crippen molar-refractivity contribution in [2.24, 2.45) is 0 Å². The van der Waals surface area contributed by atoms with Crippen molar-refractivity contribution in [3.63, 3.8) is 0 Å². The predicted octanol–water partition coefficient (Wildman–Crippen LogP) is 2.77. The van der Waals surface area contributed by atoms with E-state index in [9.17, 15) is 13.9 Å². The summed E-state index contributed by atoms with van der Waals surface area (Å²) in [6.07, 6.45) is -1.09. The smallest absolute Gasteiger partial charge is 0.131 e. The molecular formula is C14H16F2N2O. The molecule has 0 aliphatic rings. The van der Waals surface area contributed by atoms with E-state index in [2.05, 4.69) is 5.10 Å². The van der Waals surface area contributed by atoms with Crippen LogP contribution in [0.25, 0.3) is 0 Å². The molecule has 5 heteroatoms. The summed E-state index contributed by atoms with van der Waals surface area (Å²) in [5, 5.41) is 14.3. The Labute approximate surface area is 110 Å². The van der Waals surface area contributed by atoms with Gasteiger partial charge in [0.15, 0.2) is 0 Å². The number of nitrogens with zero attached hydrogens (tertiary/aromatic N) is 2. The van der Waals surface area contributed by atoms with Crippen molar-refractivity contribution in [3.8, 4) is 0 Å². The highest BCUT2D eigenvalue weighted by atomic mass is 19.1. The van der Waals surface area contributed by atoms with Gasteiger partial charge >= 0.3 is 0 Å². The Balaban J connectivity index is 2.28. The molecule has 0 aliphatic carbocycles. The normalized spacial score (nSPS) is 12.7. The molecule has 3 nitrogen and oxygen atoms in total. The number of aryl methyl sites for hydroxylation is 2. The van der Waals surface area contributed by atoms with Crippen LogP contribution in [0, 0.1) is 18.6 Å². The van der Waals surface area contributed by atoms with Gasteiger partial charge in [-0.05, 0) is 32.0 Å². The van der Waals surface area contributed by atoms with Crippen molar-refractivity contribution in [3.05, 3.63) is 52.9 Å². The molecule has 0 fully saturated rings. The van der Waals surface area contributed by atoms with Crippen LogP contribution in [0.15, 0.2) is 24.3 Å². The van der Waals surface area contributed by atoms with Crippen LogP contribution in [0.4, 0.5) is 8.78 Å². The van der Waals surface area contributed by atoms with Gasteiger partial charge in [-0.3, -0.25) is 4.68 Å². The highest BCUT2D eigenvalue weighted by Crippen LogP contribution is 2.24. The number of benzene rings is 1. The molecule has 0 saturated carbocycles. The second kappa shape index (κ2) is 5.48. The maximum absolute atomic E-state index is 13.6. The lowest BCUT2D eigenvalue weighted by Gasteiger charge is -2.13. The van der Waals surface area contributed by atoms with Crippen LogP contribution >= 0.6 is 0 Å². The number of rotatable bonds is 4. The fraction of sp³-hybridized carbons (Fsp3) is 0.357. The molecule has 1 heterocycles. The molecule has 0 radical (unpaired) electrons. The molecule has 2 aromatic rings. The number of aliphatic hydroxyl groups is 1. The van der Waals surface area contributed by atoms with Crippen LogP contribution in [0.5, 0.6) is 0 Å². The molecule has 2 rings (SSSR count). The highest BCUT2D eigenvalue weighted by Gasteiger charge is 2.19. The summed E-state index contributed by atoms with van der Waals surface area (Å²) >= 11 is 0. The fourth-order valence-corrected chi connectivity index (χ4v) is 2.17. The molecule has 1 aromatic heterocycles.